The van der Waals surface area contributed by atoms with Crippen LogP contribution in [0.1, 0.15) is 17.0 Å². The molecule has 2 aromatic carbocycles. The molecule has 21 heavy (non-hydrogen) atoms. The predicted molar refractivity (Wildman–Crippen MR) is 87.5 cm³/mol. The summed E-state index contributed by atoms with van der Waals surface area (Å²) < 4.78 is 0. The summed E-state index contributed by atoms with van der Waals surface area (Å²) in [6, 6.07) is 20.3. The Balaban J connectivity index is 2.20. The Bertz CT molecular complexity index is 686. The van der Waals surface area contributed by atoms with E-state index in [-0.39, 0.29) is 11.8 Å². The molecule has 1 aliphatic rings. The fourth-order valence-electron chi connectivity index (χ4n) is 3.07. The molecule has 2 unspecified atom stereocenters. The lowest BCUT2D eigenvalue weighted by molar-refractivity contribution is 0.615. The molecule has 2 nitrogen and oxygen atoms in total. The first-order chi connectivity index (χ1) is 10.2. The molecule has 0 spiro atoms. The molecule has 0 bridgehead atoms. The van der Waals surface area contributed by atoms with E-state index < -0.39 is 5.41 Å². The lowest BCUT2D eigenvalue weighted by Crippen LogP contribution is -2.44. The highest BCUT2D eigenvalue weighted by Gasteiger charge is 2.41. The van der Waals surface area contributed by atoms with E-state index in [0.29, 0.717) is 0 Å². The summed E-state index contributed by atoms with van der Waals surface area (Å²) >= 11 is 0. The predicted octanol–water partition coefficient (Wildman–Crippen LogP) is 3.77. The van der Waals surface area contributed by atoms with Gasteiger partial charge in [-0.1, -0.05) is 85.0 Å². The molecule has 2 atom stereocenters. The Labute approximate surface area is 125 Å². The van der Waals surface area contributed by atoms with Crippen molar-refractivity contribution < 1.29 is 0 Å². The highest BCUT2D eigenvalue weighted by molar-refractivity contribution is 5.93. The third kappa shape index (κ3) is 2.19. The number of hydrogen-bond donors (Lipinski definition) is 2. The minimum absolute atomic E-state index is 0.0311. The van der Waals surface area contributed by atoms with Crippen LogP contribution in [0.3, 0.4) is 0 Å². The highest BCUT2D eigenvalue weighted by atomic mass is 14.8. The van der Waals surface area contributed by atoms with Crippen LogP contribution < -0.4 is 5.73 Å². The SMILES string of the molecule is N=C(N)C1(c2ccccc2)C=CC=CC1c1ccccc1. The van der Waals surface area contributed by atoms with Crippen molar-refractivity contribution in [2.45, 2.75) is 11.3 Å². The Morgan fingerprint density at radius 1 is 0.905 bits per heavy atom. The number of nitrogens with one attached hydrogen (secondary N) is 1. The van der Waals surface area contributed by atoms with Crippen LogP contribution >= 0.6 is 0 Å². The number of amidine groups is 1. The Kier molecular flexibility index (Phi) is 3.44. The molecule has 3 rings (SSSR count). The maximum Gasteiger partial charge on any atom is 0.106 e. The van der Waals surface area contributed by atoms with Crippen LogP contribution in [0.2, 0.25) is 0 Å². The maximum absolute atomic E-state index is 8.25. The molecule has 0 saturated carbocycles. The molecule has 104 valence electrons. The van der Waals surface area contributed by atoms with Gasteiger partial charge in [0.2, 0.25) is 0 Å². The van der Waals surface area contributed by atoms with Crippen LogP contribution in [-0.2, 0) is 5.41 Å². The van der Waals surface area contributed by atoms with Crippen LogP contribution in [-0.4, -0.2) is 5.84 Å². The summed E-state index contributed by atoms with van der Waals surface area (Å²) in [5.74, 6) is 0.201. The molecule has 3 N–H and O–H groups in total. The van der Waals surface area contributed by atoms with Crippen molar-refractivity contribution in [3.8, 4) is 0 Å². The Morgan fingerprint density at radius 2 is 1.52 bits per heavy atom. The van der Waals surface area contributed by atoms with Gasteiger partial charge in [0.25, 0.3) is 0 Å². The van der Waals surface area contributed by atoms with Gasteiger partial charge in [0, 0.05) is 5.92 Å². The Hall–Kier alpha value is -2.61. The number of hydrogen-bond acceptors (Lipinski definition) is 1. The van der Waals surface area contributed by atoms with Gasteiger partial charge < -0.3 is 5.73 Å². The Morgan fingerprint density at radius 3 is 2.14 bits per heavy atom. The smallest absolute Gasteiger partial charge is 0.106 e. The van der Waals surface area contributed by atoms with E-state index in [1.807, 2.05) is 66.8 Å². The van der Waals surface area contributed by atoms with Gasteiger partial charge in [0.15, 0.2) is 0 Å². The van der Waals surface area contributed by atoms with Crippen LogP contribution in [0.5, 0.6) is 0 Å². The second-order valence-electron chi connectivity index (χ2n) is 5.28. The van der Waals surface area contributed by atoms with E-state index in [0.717, 1.165) is 11.1 Å². The number of allylic oxidation sites excluding steroid dienone is 3. The zero-order chi connectivity index (χ0) is 14.7. The molecule has 1 aliphatic carbocycles. The van der Waals surface area contributed by atoms with Crippen molar-refractivity contribution in [3.63, 3.8) is 0 Å². The molecule has 0 aromatic heterocycles. The lowest BCUT2D eigenvalue weighted by Gasteiger charge is -2.38. The van der Waals surface area contributed by atoms with E-state index in [1.54, 1.807) is 0 Å². The van der Waals surface area contributed by atoms with Gasteiger partial charge >= 0.3 is 0 Å². The van der Waals surface area contributed by atoms with E-state index >= 15 is 0 Å². The first-order valence-electron chi connectivity index (χ1n) is 7.06. The minimum atomic E-state index is -0.614. The van der Waals surface area contributed by atoms with Gasteiger partial charge in [-0.2, -0.15) is 0 Å². The van der Waals surface area contributed by atoms with Crippen molar-refractivity contribution in [1.82, 2.24) is 0 Å². The standard InChI is InChI=1S/C19H18N2/c20-18(21)19(16-11-5-2-6-12-16)14-8-7-13-17(19)15-9-3-1-4-10-15/h1-14,17H,(H3,20,21). The summed E-state index contributed by atoms with van der Waals surface area (Å²) in [7, 11) is 0. The van der Waals surface area contributed by atoms with Crippen molar-refractivity contribution in [2.24, 2.45) is 5.73 Å². The van der Waals surface area contributed by atoms with Crippen LogP contribution in [0.25, 0.3) is 0 Å². The van der Waals surface area contributed by atoms with Gasteiger partial charge in [-0.3, -0.25) is 5.41 Å². The monoisotopic (exact) mass is 274 g/mol. The zero-order valence-corrected chi connectivity index (χ0v) is 11.7. The second kappa shape index (κ2) is 5.41. The molecule has 0 heterocycles. The lowest BCUT2D eigenvalue weighted by atomic mass is 9.65. The summed E-state index contributed by atoms with van der Waals surface area (Å²) in [6.45, 7) is 0. The summed E-state index contributed by atoms with van der Waals surface area (Å²) in [6.07, 6.45) is 8.18. The quantitative estimate of drug-likeness (QED) is 0.649. The fourth-order valence-corrected chi connectivity index (χ4v) is 3.07. The summed E-state index contributed by atoms with van der Waals surface area (Å²) in [5.41, 5.74) is 7.66. The summed E-state index contributed by atoms with van der Waals surface area (Å²) in [4.78, 5) is 0. The normalized spacial score (nSPS) is 23.9. The second-order valence-corrected chi connectivity index (χ2v) is 5.28. The molecule has 0 saturated heterocycles. The molecule has 2 aromatic rings. The first kappa shape index (κ1) is 13.4. The van der Waals surface area contributed by atoms with Gasteiger partial charge in [-0.05, 0) is 11.1 Å². The molecule has 0 radical (unpaired) electrons. The minimum Gasteiger partial charge on any atom is -0.387 e. The average Bonchev–Trinajstić information content (AvgIpc) is 2.56. The number of benzene rings is 2. The maximum atomic E-state index is 8.25. The highest BCUT2D eigenvalue weighted by Crippen LogP contribution is 2.43. The van der Waals surface area contributed by atoms with Gasteiger partial charge in [0.05, 0.1) is 5.41 Å². The first-order valence-corrected chi connectivity index (χ1v) is 7.06. The zero-order valence-electron chi connectivity index (χ0n) is 11.7. The fraction of sp³-hybridized carbons (Fsp3) is 0.105. The van der Waals surface area contributed by atoms with Crippen molar-refractivity contribution in [2.75, 3.05) is 0 Å². The van der Waals surface area contributed by atoms with Crippen LogP contribution in [0.15, 0.2) is 85.0 Å². The third-order valence-electron chi connectivity index (χ3n) is 4.12. The van der Waals surface area contributed by atoms with Gasteiger partial charge in [-0.25, -0.2) is 0 Å². The van der Waals surface area contributed by atoms with Crippen LogP contribution in [0.4, 0.5) is 0 Å². The molecule has 0 aliphatic heterocycles. The van der Waals surface area contributed by atoms with E-state index in [9.17, 15) is 0 Å². The molecular formula is C19H18N2. The van der Waals surface area contributed by atoms with Crippen molar-refractivity contribution in [1.29, 1.82) is 5.41 Å². The van der Waals surface area contributed by atoms with E-state index in [1.165, 1.54) is 0 Å². The van der Waals surface area contributed by atoms with E-state index in [4.69, 9.17) is 11.1 Å². The largest absolute Gasteiger partial charge is 0.387 e. The van der Waals surface area contributed by atoms with Gasteiger partial charge in [0.1, 0.15) is 5.84 Å². The molecular weight excluding hydrogens is 256 g/mol. The van der Waals surface area contributed by atoms with Gasteiger partial charge in [-0.15, -0.1) is 0 Å². The van der Waals surface area contributed by atoms with Crippen molar-refractivity contribution in [3.05, 3.63) is 96.1 Å². The molecule has 0 fully saturated rings. The average molecular weight is 274 g/mol. The van der Waals surface area contributed by atoms with Crippen LogP contribution in [0, 0.1) is 5.41 Å². The third-order valence-corrected chi connectivity index (χ3v) is 4.12. The molecule has 2 heteroatoms. The summed E-state index contributed by atoms with van der Waals surface area (Å²) in [5, 5.41) is 8.25. The van der Waals surface area contributed by atoms with E-state index in [2.05, 4.69) is 18.2 Å². The molecule has 0 amide bonds. The number of rotatable bonds is 3. The van der Waals surface area contributed by atoms with Crippen molar-refractivity contribution >= 4 is 5.84 Å². The topological polar surface area (TPSA) is 49.9 Å². The number of nitrogens with two attached hydrogens (primary N) is 1.